The van der Waals surface area contributed by atoms with E-state index in [0.717, 1.165) is 61.9 Å². The van der Waals surface area contributed by atoms with Crippen LogP contribution in [0.3, 0.4) is 0 Å². The normalized spacial score (nSPS) is 13.1. The van der Waals surface area contributed by atoms with Gasteiger partial charge in [-0.2, -0.15) is 0 Å². The number of fused-ring (bicyclic) bond motifs is 1. The highest BCUT2D eigenvalue weighted by molar-refractivity contribution is 9.10. The molecule has 3 aromatic heterocycles. The molecule has 1 fully saturated rings. The summed E-state index contributed by atoms with van der Waals surface area (Å²) in [6.45, 7) is 2.16. The number of hydrogen-bond acceptors (Lipinski definition) is 6. The molecule has 0 spiro atoms. The first-order chi connectivity index (χ1) is 25.9. The molecular weight excluding hydrogens is 728 g/mol. The van der Waals surface area contributed by atoms with Crippen LogP contribution in [-0.2, 0) is 12.1 Å². The van der Waals surface area contributed by atoms with Gasteiger partial charge in [-0.05, 0) is 75.3 Å². The largest absolute Gasteiger partial charge is 0.477 e. The maximum absolute atomic E-state index is 12.2. The van der Waals surface area contributed by atoms with Crippen molar-refractivity contribution in [3.8, 4) is 22.7 Å². The lowest BCUT2D eigenvalue weighted by Crippen LogP contribution is -2.39. The molecular formula is C43H33BrN6O3. The second-order valence-electron chi connectivity index (χ2n) is 13.4. The first kappa shape index (κ1) is 32.8. The fraction of sp³-hybridized carbons (Fsp3) is 0.140. The number of halogens is 1. The van der Waals surface area contributed by atoms with E-state index >= 15 is 0 Å². The predicted octanol–water partition coefficient (Wildman–Crippen LogP) is 9.48. The van der Waals surface area contributed by atoms with E-state index in [1.807, 2.05) is 95.6 Å². The lowest BCUT2D eigenvalue weighted by Gasteiger charge is -2.34. The molecule has 9 rings (SSSR count). The smallest absolute Gasteiger partial charge is 0.354 e. The van der Waals surface area contributed by atoms with Crippen molar-refractivity contribution in [2.75, 3.05) is 0 Å². The maximum atomic E-state index is 12.2. The topological polar surface area (TPSA) is 112 Å². The number of hydrogen-bond donors (Lipinski definition) is 1. The van der Waals surface area contributed by atoms with Gasteiger partial charge in [-0.25, -0.2) is 9.78 Å². The molecule has 0 atom stereocenters. The van der Waals surface area contributed by atoms with Gasteiger partial charge in [-0.1, -0.05) is 121 Å². The molecule has 0 saturated heterocycles. The fourth-order valence-corrected chi connectivity index (χ4v) is 8.08. The molecule has 1 aliphatic carbocycles. The minimum atomic E-state index is -0.967. The highest BCUT2D eigenvalue weighted by Gasteiger charge is 2.41. The van der Waals surface area contributed by atoms with Crippen LogP contribution in [0.15, 0.2) is 142 Å². The van der Waals surface area contributed by atoms with E-state index in [0.29, 0.717) is 35.3 Å². The van der Waals surface area contributed by atoms with Crippen molar-refractivity contribution in [2.45, 2.75) is 37.8 Å². The SMILES string of the molecule is Cc1nc(C2CC2)n(Cc2ccc3oc(-c4ccccc4-c4nnn(C(c5ccccc5)(c5ccccc5)c5ccccc5)n4)c(Br)c3c2)c1C(=O)O. The first-order valence-electron chi connectivity index (χ1n) is 17.5. The van der Waals surface area contributed by atoms with Crippen LogP contribution in [0, 0.1) is 6.92 Å². The number of benzene rings is 5. The number of tetrazole rings is 1. The van der Waals surface area contributed by atoms with Crippen LogP contribution in [0.2, 0.25) is 0 Å². The van der Waals surface area contributed by atoms with Crippen molar-refractivity contribution in [2.24, 2.45) is 0 Å². The minimum Gasteiger partial charge on any atom is -0.477 e. The summed E-state index contributed by atoms with van der Waals surface area (Å²) in [5.74, 6) is 1.26. The molecule has 1 saturated carbocycles. The Morgan fingerprint density at radius 2 is 1.42 bits per heavy atom. The molecule has 0 bridgehead atoms. The van der Waals surface area contributed by atoms with Gasteiger partial charge in [0.2, 0.25) is 5.82 Å². The summed E-state index contributed by atoms with van der Waals surface area (Å²) in [6.07, 6.45) is 2.05. The third-order valence-electron chi connectivity index (χ3n) is 10.0. The Balaban J connectivity index is 1.14. The molecule has 9 nitrogen and oxygen atoms in total. The average Bonchev–Trinajstić information content (AvgIpc) is 3.69. The minimum absolute atomic E-state index is 0.240. The van der Waals surface area contributed by atoms with E-state index in [4.69, 9.17) is 19.8 Å². The number of imidazole rings is 1. The van der Waals surface area contributed by atoms with Crippen LogP contribution in [0.1, 0.15) is 63.0 Å². The number of aryl methyl sites for hydroxylation is 1. The first-order valence-corrected chi connectivity index (χ1v) is 18.3. The molecule has 3 heterocycles. The summed E-state index contributed by atoms with van der Waals surface area (Å²) in [5.41, 5.74) is 6.07. The van der Waals surface area contributed by atoms with Crippen molar-refractivity contribution in [1.82, 2.24) is 29.8 Å². The number of rotatable bonds is 10. The second kappa shape index (κ2) is 13.1. The highest BCUT2D eigenvalue weighted by Crippen LogP contribution is 2.44. The maximum Gasteiger partial charge on any atom is 0.354 e. The number of aromatic carboxylic acids is 1. The Morgan fingerprint density at radius 3 is 2.00 bits per heavy atom. The number of nitrogens with zero attached hydrogens (tertiary/aromatic N) is 6. The number of carbonyl (C=O) groups is 1. The molecule has 0 aliphatic heterocycles. The molecule has 5 aromatic carbocycles. The van der Waals surface area contributed by atoms with E-state index in [1.165, 1.54) is 0 Å². The molecule has 1 N–H and O–H groups in total. The zero-order chi connectivity index (χ0) is 36.1. The van der Waals surface area contributed by atoms with E-state index in [9.17, 15) is 9.90 Å². The average molecular weight is 762 g/mol. The van der Waals surface area contributed by atoms with E-state index in [1.54, 1.807) is 11.7 Å². The lowest BCUT2D eigenvalue weighted by molar-refractivity contribution is 0.0684. The second-order valence-corrected chi connectivity index (χ2v) is 14.2. The summed E-state index contributed by atoms with van der Waals surface area (Å²) in [5, 5.41) is 25.5. The summed E-state index contributed by atoms with van der Waals surface area (Å²) in [7, 11) is 0. The molecule has 260 valence electrons. The molecule has 1 aliphatic rings. The van der Waals surface area contributed by atoms with Crippen LogP contribution < -0.4 is 0 Å². The van der Waals surface area contributed by atoms with Gasteiger partial charge in [-0.15, -0.1) is 15.0 Å². The Labute approximate surface area is 313 Å². The zero-order valence-corrected chi connectivity index (χ0v) is 30.3. The predicted molar refractivity (Wildman–Crippen MR) is 206 cm³/mol. The zero-order valence-electron chi connectivity index (χ0n) is 28.7. The van der Waals surface area contributed by atoms with E-state index in [2.05, 4.69) is 63.4 Å². The standard InChI is InChI=1S/C43H33BrN6O3/c1-27-38(42(51)52)49(41(45-27)29-22-23-29)26-28-21-24-36-35(25-28)37(44)39(53-36)33-19-11-12-20-34(33)40-46-48-50(47-40)43(30-13-5-2-6-14-30,31-15-7-3-8-16-31)32-17-9-4-10-18-32/h2-21,24-25,29H,22-23,26H2,1H3,(H,51,52). The van der Waals surface area contributed by atoms with Gasteiger partial charge in [0.1, 0.15) is 17.2 Å². The molecule has 10 heteroatoms. The number of carboxylic acid groups (broad SMARTS) is 1. The lowest BCUT2D eigenvalue weighted by atomic mass is 9.77. The molecule has 8 aromatic rings. The Bertz CT molecular complexity index is 2510. The quantitative estimate of drug-likeness (QED) is 0.138. The molecule has 53 heavy (non-hydrogen) atoms. The highest BCUT2D eigenvalue weighted by atomic mass is 79.9. The van der Waals surface area contributed by atoms with Crippen LogP contribution in [0.5, 0.6) is 0 Å². The summed E-state index contributed by atoms with van der Waals surface area (Å²) in [4.78, 5) is 18.6. The van der Waals surface area contributed by atoms with Crippen LogP contribution >= 0.6 is 15.9 Å². The van der Waals surface area contributed by atoms with Gasteiger partial charge in [0.25, 0.3) is 0 Å². The van der Waals surface area contributed by atoms with E-state index < -0.39 is 11.5 Å². The Morgan fingerprint density at radius 1 is 0.830 bits per heavy atom. The van der Waals surface area contributed by atoms with Crippen LogP contribution in [0.4, 0.5) is 0 Å². The Hall–Kier alpha value is -6.13. The van der Waals surface area contributed by atoms with Gasteiger partial charge in [-0.3, -0.25) is 0 Å². The number of carboxylic acids is 1. The summed E-state index contributed by atoms with van der Waals surface area (Å²) < 4.78 is 9.17. The molecule has 0 unspecified atom stereocenters. The van der Waals surface area contributed by atoms with Crippen molar-refractivity contribution >= 4 is 32.9 Å². The summed E-state index contributed by atoms with van der Waals surface area (Å²) >= 11 is 3.86. The van der Waals surface area contributed by atoms with Gasteiger partial charge >= 0.3 is 5.97 Å². The van der Waals surface area contributed by atoms with Crippen molar-refractivity contribution < 1.29 is 14.3 Å². The van der Waals surface area contributed by atoms with Gasteiger partial charge in [0.15, 0.2) is 11.2 Å². The van der Waals surface area contributed by atoms with Crippen LogP contribution in [-0.4, -0.2) is 40.8 Å². The van der Waals surface area contributed by atoms with Gasteiger partial charge in [0.05, 0.1) is 10.2 Å². The Kier molecular flexibility index (Phi) is 8.11. The van der Waals surface area contributed by atoms with Crippen molar-refractivity contribution in [3.05, 3.63) is 177 Å². The third-order valence-corrected chi connectivity index (χ3v) is 10.8. The fourth-order valence-electron chi connectivity index (χ4n) is 7.47. The summed E-state index contributed by atoms with van der Waals surface area (Å²) in [6, 6.07) is 44.6. The van der Waals surface area contributed by atoms with Crippen molar-refractivity contribution in [1.29, 1.82) is 0 Å². The van der Waals surface area contributed by atoms with Crippen LogP contribution in [0.25, 0.3) is 33.7 Å². The van der Waals surface area contributed by atoms with Gasteiger partial charge in [0, 0.05) is 29.0 Å². The van der Waals surface area contributed by atoms with Crippen molar-refractivity contribution in [3.63, 3.8) is 0 Å². The number of furan rings is 1. The third kappa shape index (κ3) is 5.57. The number of aromatic nitrogens is 6. The van der Waals surface area contributed by atoms with E-state index in [-0.39, 0.29) is 5.69 Å². The molecule has 0 amide bonds. The van der Waals surface area contributed by atoms with Gasteiger partial charge < -0.3 is 14.1 Å². The molecule has 0 radical (unpaired) electrons. The monoisotopic (exact) mass is 760 g/mol.